The maximum Gasteiger partial charge on any atom is 0.243 e. The maximum absolute atomic E-state index is 11.3. The largest absolute Gasteiger partial charge is 0.389 e. The number of nitrogens with one attached hydrogen (secondary N) is 1. The van der Waals surface area contributed by atoms with E-state index in [2.05, 4.69) is 12.2 Å². The lowest BCUT2D eigenvalue weighted by Gasteiger charge is -2.04. The summed E-state index contributed by atoms with van der Waals surface area (Å²) in [5.41, 5.74) is 0. The van der Waals surface area contributed by atoms with Crippen molar-refractivity contribution in [1.29, 1.82) is 0 Å². The van der Waals surface area contributed by atoms with E-state index in [-0.39, 0.29) is 5.91 Å². The van der Waals surface area contributed by atoms with Crippen LogP contribution < -0.4 is 5.32 Å². The first-order valence-electron chi connectivity index (χ1n) is 6.37. The Labute approximate surface area is 105 Å². The van der Waals surface area contributed by atoms with Gasteiger partial charge < -0.3 is 10.4 Å². The van der Waals surface area contributed by atoms with Gasteiger partial charge in [0.2, 0.25) is 5.91 Å². The minimum atomic E-state index is -0.404. The third-order valence-electron chi connectivity index (χ3n) is 2.23. The van der Waals surface area contributed by atoms with E-state index in [1.807, 2.05) is 13.8 Å². The van der Waals surface area contributed by atoms with Gasteiger partial charge >= 0.3 is 0 Å². The Morgan fingerprint density at radius 2 is 2.06 bits per heavy atom. The molecular formula is C14H25NO2. The molecule has 1 amide bonds. The van der Waals surface area contributed by atoms with Crippen LogP contribution in [0.4, 0.5) is 0 Å². The summed E-state index contributed by atoms with van der Waals surface area (Å²) in [5, 5.41) is 12.3. The molecule has 0 radical (unpaired) electrons. The Morgan fingerprint density at radius 1 is 1.35 bits per heavy atom. The summed E-state index contributed by atoms with van der Waals surface area (Å²) in [6.45, 7) is 6.88. The molecule has 1 unspecified atom stereocenters. The minimum absolute atomic E-state index is 0.0913. The second-order valence-corrected chi connectivity index (χ2v) is 4.59. The summed E-state index contributed by atoms with van der Waals surface area (Å²) in [5.74, 6) is 0.366. The fraction of sp³-hybridized carbons (Fsp3) is 0.643. The van der Waals surface area contributed by atoms with Crippen LogP contribution in [0.1, 0.15) is 40.0 Å². The van der Waals surface area contributed by atoms with E-state index in [0.717, 1.165) is 19.3 Å². The van der Waals surface area contributed by atoms with Crippen molar-refractivity contribution in [3.63, 3.8) is 0 Å². The number of hydrogen-bond donors (Lipinski definition) is 2. The van der Waals surface area contributed by atoms with Gasteiger partial charge in [-0.3, -0.25) is 4.79 Å². The predicted molar refractivity (Wildman–Crippen MR) is 71.7 cm³/mol. The second-order valence-electron chi connectivity index (χ2n) is 4.59. The molecule has 0 aliphatic heterocycles. The monoisotopic (exact) mass is 239 g/mol. The lowest BCUT2D eigenvalue weighted by Crippen LogP contribution is -2.25. The lowest BCUT2D eigenvalue weighted by molar-refractivity contribution is -0.116. The van der Waals surface area contributed by atoms with Crippen molar-refractivity contribution in [2.75, 3.05) is 6.54 Å². The Morgan fingerprint density at radius 3 is 2.65 bits per heavy atom. The van der Waals surface area contributed by atoms with Crippen LogP contribution in [0.2, 0.25) is 0 Å². The van der Waals surface area contributed by atoms with Crippen molar-refractivity contribution in [3.05, 3.63) is 24.3 Å². The Kier molecular flexibility index (Phi) is 9.44. The molecule has 0 aliphatic rings. The lowest BCUT2D eigenvalue weighted by atomic mass is 10.1. The van der Waals surface area contributed by atoms with Gasteiger partial charge in [-0.2, -0.15) is 0 Å². The summed E-state index contributed by atoms with van der Waals surface area (Å²) < 4.78 is 0. The molecule has 0 aliphatic carbocycles. The van der Waals surface area contributed by atoms with Gasteiger partial charge in [0.25, 0.3) is 0 Å². The van der Waals surface area contributed by atoms with Crippen LogP contribution in [0.3, 0.4) is 0 Å². The Hall–Kier alpha value is -1.09. The van der Waals surface area contributed by atoms with Crippen LogP contribution in [0.25, 0.3) is 0 Å². The number of allylic oxidation sites excluding steroid dienone is 2. The molecule has 0 rings (SSSR count). The van der Waals surface area contributed by atoms with E-state index in [0.29, 0.717) is 12.5 Å². The van der Waals surface area contributed by atoms with Crippen LogP contribution in [-0.4, -0.2) is 23.7 Å². The average Bonchev–Trinajstić information content (AvgIpc) is 2.29. The number of carbonyl (C=O) groups is 1. The van der Waals surface area contributed by atoms with Gasteiger partial charge in [-0.05, 0) is 12.3 Å². The Bertz CT molecular complexity index is 257. The third kappa shape index (κ3) is 11.2. The summed E-state index contributed by atoms with van der Waals surface area (Å²) in [4.78, 5) is 11.3. The number of hydrogen-bond acceptors (Lipinski definition) is 2. The van der Waals surface area contributed by atoms with Crippen molar-refractivity contribution in [2.24, 2.45) is 5.92 Å². The average molecular weight is 239 g/mol. The highest BCUT2D eigenvalue weighted by Crippen LogP contribution is 2.01. The molecule has 0 aromatic rings. The fourth-order valence-corrected chi connectivity index (χ4v) is 1.21. The van der Waals surface area contributed by atoms with E-state index in [1.165, 1.54) is 6.08 Å². The highest BCUT2D eigenvalue weighted by molar-refractivity contribution is 5.87. The van der Waals surface area contributed by atoms with E-state index in [1.54, 1.807) is 18.2 Å². The smallest absolute Gasteiger partial charge is 0.243 e. The molecule has 3 heteroatoms. The normalized spacial score (nSPS) is 13.7. The first-order chi connectivity index (χ1) is 8.06. The highest BCUT2D eigenvalue weighted by Gasteiger charge is 1.97. The van der Waals surface area contributed by atoms with E-state index < -0.39 is 6.10 Å². The van der Waals surface area contributed by atoms with Crippen LogP contribution >= 0.6 is 0 Å². The fourth-order valence-electron chi connectivity index (χ4n) is 1.21. The van der Waals surface area contributed by atoms with Crippen molar-refractivity contribution < 1.29 is 9.90 Å². The van der Waals surface area contributed by atoms with Crippen LogP contribution in [0, 0.1) is 5.92 Å². The molecule has 0 saturated carbocycles. The van der Waals surface area contributed by atoms with Gasteiger partial charge in [-0.15, -0.1) is 0 Å². The van der Waals surface area contributed by atoms with Gasteiger partial charge in [-0.1, -0.05) is 51.8 Å². The minimum Gasteiger partial charge on any atom is -0.389 e. The molecule has 2 N–H and O–H groups in total. The topological polar surface area (TPSA) is 49.3 Å². The molecule has 0 heterocycles. The van der Waals surface area contributed by atoms with Crippen LogP contribution in [0.15, 0.2) is 24.3 Å². The quantitative estimate of drug-likeness (QED) is 0.505. The van der Waals surface area contributed by atoms with E-state index in [4.69, 9.17) is 0 Å². The molecule has 3 nitrogen and oxygen atoms in total. The zero-order valence-electron chi connectivity index (χ0n) is 11.1. The summed E-state index contributed by atoms with van der Waals surface area (Å²) in [6.07, 6.45) is 9.04. The molecule has 0 aromatic carbocycles. The van der Waals surface area contributed by atoms with Crippen molar-refractivity contribution in [1.82, 2.24) is 5.32 Å². The van der Waals surface area contributed by atoms with Gasteiger partial charge in [0.1, 0.15) is 0 Å². The zero-order valence-corrected chi connectivity index (χ0v) is 11.1. The van der Waals surface area contributed by atoms with Crippen LogP contribution in [0.5, 0.6) is 0 Å². The zero-order chi connectivity index (χ0) is 13.1. The van der Waals surface area contributed by atoms with Crippen molar-refractivity contribution in [2.45, 2.75) is 46.1 Å². The van der Waals surface area contributed by atoms with Gasteiger partial charge in [0, 0.05) is 12.6 Å². The summed E-state index contributed by atoms with van der Waals surface area (Å²) >= 11 is 0. The number of unbranched alkanes of at least 4 members (excludes halogenated alkanes) is 1. The molecule has 98 valence electrons. The number of aliphatic hydroxyl groups is 1. The summed E-state index contributed by atoms with van der Waals surface area (Å²) in [7, 11) is 0. The molecule has 0 fully saturated rings. The number of aliphatic hydroxyl groups excluding tert-OH is 1. The maximum atomic E-state index is 11.3. The van der Waals surface area contributed by atoms with Gasteiger partial charge in [-0.25, -0.2) is 0 Å². The highest BCUT2D eigenvalue weighted by atomic mass is 16.3. The number of carbonyl (C=O) groups excluding carboxylic acids is 1. The molecule has 0 saturated heterocycles. The number of rotatable bonds is 8. The van der Waals surface area contributed by atoms with Crippen LogP contribution in [-0.2, 0) is 4.79 Å². The first kappa shape index (κ1) is 15.9. The standard InChI is InChI=1S/C14H25NO2/c1-4-5-8-13(16)9-6-7-10-14(17)15-11-12(2)3/h6-7,9-10,12-13,16H,4-5,8,11H2,1-3H3,(H,15,17). The third-order valence-corrected chi connectivity index (χ3v) is 2.23. The van der Waals surface area contributed by atoms with E-state index >= 15 is 0 Å². The SMILES string of the molecule is CCCCC(O)C=CC=CC(=O)NCC(C)C. The molecular weight excluding hydrogens is 214 g/mol. The van der Waals surface area contributed by atoms with Crippen molar-refractivity contribution >= 4 is 5.91 Å². The number of amides is 1. The molecule has 0 aromatic heterocycles. The summed E-state index contributed by atoms with van der Waals surface area (Å²) in [6, 6.07) is 0. The first-order valence-corrected chi connectivity index (χ1v) is 6.37. The Balaban J connectivity index is 3.77. The molecule has 1 atom stereocenters. The van der Waals surface area contributed by atoms with Gasteiger partial charge in [0.05, 0.1) is 6.10 Å². The molecule has 0 spiro atoms. The van der Waals surface area contributed by atoms with Gasteiger partial charge in [0.15, 0.2) is 0 Å². The predicted octanol–water partition coefficient (Wildman–Crippen LogP) is 2.42. The molecule has 17 heavy (non-hydrogen) atoms. The van der Waals surface area contributed by atoms with Crippen molar-refractivity contribution in [3.8, 4) is 0 Å². The van der Waals surface area contributed by atoms with E-state index in [9.17, 15) is 9.90 Å². The second kappa shape index (κ2) is 10.1. The molecule has 0 bridgehead atoms.